The van der Waals surface area contributed by atoms with Crippen LogP contribution in [0, 0.1) is 0 Å². The molecule has 0 aliphatic carbocycles. The maximum atomic E-state index is 12.2. The van der Waals surface area contributed by atoms with Crippen molar-refractivity contribution in [1.29, 1.82) is 0 Å². The first kappa shape index (κ1) is 17.4. The summed E-state index contributed by atoms with van der Waals surface area (Å²) in [6.45, 7) is 6.55. The van der Waals surface area contributed by atoms with E-state index in [-0.39, 0.29) is 5.97 Å². The van der Waals surface area contributed by atoms with Gasteiger partial charge in [-0.3, -0.25) is 4.90 Å². The van der Waals surface area contributed by atoms with Gasteiger partial charge in [-0.1, -0.05) is 24.3 Å². The highest BCUT2D eigenvalue weighted by Crippen LogP contribution is 2.33. The Bertz CT molecular complexity index is 1040. The Hall–Kier alpha value is -2.66. The lowest BCUT2D eigenvalue weighted by Gasteiger charge is -2.33. The quantitative estimate of drug-likeness (QED) is 0.644. The fourth-order valence-electron chi connectivity index (χ4n) is 4.79. The number of nitrogens with zero attached hydrogens (tertiary/aromatic N) is 3. The summed E-state index contributed by atoms with van der Waals surface area (Å²) in [6, 6.07) is 10.3. The van der Waals surface area contributed by atoms with Crippen LogP contribution in [0.5, 0.6) is 0 Å². The van der Waals surface area contributed by atoms with Crippen LogP contribution in [0.25, 0.3) is 10.8 Å². The Morgan fingerprint density at radius 1 is 1.25 bits per heavy atom. The van der Waals surface area contributed by atoms with Crippen molar-refractivity contribution in [3.63, 3.8) is 0 Å². The summed E-state index contributed by atoms with van der Waals surface area (Å²) in [5.74, 6) is 1.49. The molecule has 5 heteroatoms. The fraction of sp³-hybridized carbons (Fsp3) is 0.391. The predicted octanol–water partition coefficient (Wildman–Crippen LogP) is 4.11. The van der Waals surface area contributed by atoms with E-state index in [1.165, 1.54) is 29.6 Å². The van der Waals surface area contributed by atoms with E-state index in [1.807, 2.05) is 18.3 Å². The Kier molecular flexibility index (Phi) is 4.40. The molecule has 3 aromatic rings. The minimum absolute atomic E-state index is 0.209. The number of imidazole rings is 1. The number of esters is 1. The lowest BCUT2D eigenvalue weighted by Crippen LogP contribution is -2.35. The van der Waals surface area contributed by atoms with E-state index >= 15 is 0 Å². The van der Waals surface area contributed by atoms with Gasteiger partial charge in [-0.05, 0) is 48.9 Å². The normalized spacial score (nSPS) is 19.8. The van der Waals surface area contributed by atoms with Crippen LogP contribution in [0.4, 0.5) is 0 Å². The van der Waals surface area contributed by atoms with Gasteiger partial charge in [-0.25, -0.2) is 9.78 Å². The molecule has 0 saturated carbocycles. The van der Waals surface area contributed by atoms with Gasteiger partial charge in [0.15, 0.2) is 0 Å². The van der Waals surface area contributed by atoms with Crippen molar-refractivity contribution in [3.05, 3.63) is 65.2 Å². The van der Waals surface area contributed by atoms with Crippen molar-refractivity contribution in [3.8, 4) is 0 Å². The van der Waals surface area contributed by atoms with Gasteiger partial charge in [0.1, 0.15) is 12.4 Å². The first-order valence-corrected chi connectivity index (χ1v) is 10.2. The summed E-state index contributed by atoms with van der Waals surface area (Å²) in [7, 11) is 0. The van der Waals surface area contributed by atoms with Crippen LogP contribution in [0.3, 0.4) is 0 Å². The third kappa shape index (κ3) is 2.90. The molecule has 5 nitrogen and oxygen atoms in total. The Morgan fingerprint density at radius 3 is 3.07 bits per heavy atom. The number of carbonyl (C=O) groups excluding carboxylic acids is 1. The number of hydrogen-bond acceptors (Lipinski definition) is 4. The summed E-state index contributed by atoms with van der Waals surface area (Å²) >= 11 is 0. The summed E-state index contributed by atoms with van der Waals surface area (Å²) < 4.78 is 7.57. The number of rotatable bonds is 4. The van der Waals surface area contributed by atoms with E-state index in [0.717, 1.165) is 37.1 Å². The van der Waals surface area contributed by atoms with E-state index in [0.29, 0.717) is 18.1 Å². The monoisotopic (exact) mass is 375 g/mol. The van der Waals surface area contributed by atoms with Crippen LogP contribution < -0.4 is 0 Å². The van der Waals surface area contributed by atoms with Gasteiger partial charge in [0.2, 0.25) is 0 Å². The van der Waals surface area contributed by atoms with Crippen LogP contribution in [0.2, 0.25) is 0 Å². The summed E-state index contributed by atoms with van der Waals surface area (Å²) in [5.41, 5.74) is 3.09. The van der Waals surface area contributed by atoms with Crippen molar-refractivity contribution in [2.75, 3.05) is 13.1 Å². The second-order valence-corrected chi connectivity index (χ2v) is 7.83. The molecule has 144 valence electrons. The third-order valence-electron chi connectivity index (χ3n) is 6.15. The molecule has 1 atom stereocenters. The maximum Gasteiger partial charge on any atom is 0.339 e. The number of aryl methyl sites for hydroxylation is 1. The van der Waals surface area contributed by atoms with Gasteiger partial charge in [-0.15, -0.1) is 0 Å². The van der Waals surface area contributed by atoms with Crippen molar-refractivity contribution in [2.45, 2.75) is 45.4 Å². The van der Waals surface area contributed by atoms with E-state index < -0.39 is 0 Å². The van der Waals surface area contributed by atoms with E-state index in [2.05, 4.69) is 45.8 Å². The number of benzene rings is 2. The Morgan fingerprint density at radius 2 is 2.18 bits per heavy atom. The molecule has 28 heavy (non-hydrogen) atoms. The van der Waals surface area contributed by atoms with Crippen LogP contribution in [0.15, 0.2) is 42.7 Å². The summed E-state index contributed by atoms with van der Waals surface area (Å²) in [4.78, 5) is 19.3. The largest absolute Gasteiger partial charge is 0.457 e. The molecule has 1 aromatic heterocycles. The summed E-state index contributed by atoms with van der Waals surface area (Å²) in [6.07, 6.45) is 6.39. The summed E-state index contributed by atoms with van der Waals surface area (Å²) in [5, 5.41) is 2.26. The zero-order valence-electron chi connectivity index (χ0n) is 16.2. The molecule has 0 spiro atoms. The molecule has 1 unspecified atom stereocenters. The van der Waals surface area contributed by atoms with E-state index in [1.54, 1.807) is 0 Å². The number of carbonyl (C=O) groups is 1. The molecule has 2 aromatic carbocycles. The van der Waals surface area contributed by atoms with Gasteiger partial charge in [0, 0.05) is 43.3 Å². The van der Waals surface area contributed by atoms with Gasteiger partial charge >= 0.3 is 5.97 Å². The molecule has 0 radical (unpaired) electrons. The van der Waals surface area contributed by atoms with Crippen LogP contribution in [0.1, 0.15) is 53.0 Å². The standard InChI is InChI=1S/C23H25N3O2/c1-2-26-12-10-24-22(26)17-5-4-11-25(14-17)13-16-8-9-18-15-28-23(27)20-7-3-6-19(16)21(18)20/h3,6-10,12,17H,2,4-5,11,13-15H2,1H3. The number of hydrogen-bond donors (Lipinski definition) is 0. The highest BCUT2D eigenvalue weighted by atomic mass is 16.5. The lowest BCUT2D eigenvalue weighted by atomic mass is 9.92. The Balaban J connectivity index is 1.44. The van der Waals surface area contributed by atoms with Crippen molar-refractivity contribution in [1.82, 2.24) is 14.5 Å². The smallest absolute Gasteiger partial charge is 0.339 e. The topological polar surface area (TPSA) is 47.4 Å². The lowest BCUT2D eigenvalue weighted by molar-refractivity contribution is 0.0463. The zero-order valence-corrected chi connectivity index (χ0v) is 16.2. The molecule has 0 amide bonds. The highest BCUT2D eigenvalue weighted by Gasteiger charge is 2.26. The van der Waals surface area contributed by atoms with E-state index in [4.69, 9.17) is 4.74 Å². The molecular formula is C23H25N3O2. The number of piperidine rings is 1. The van der Waals surface area contributed by atoms with Crippen LogP contribution >= 0.6 is 0 Å². The molecule has 2 aliphatic rings. The SMILES string of the molecule is CCn1ccnc1C1CCCN(Cc2ccc3c4c(cccc24)C(=O)OC3)C1. The molecule has 0 bridgehead atoms. The van der Waals surface area contributed by atoms with E-state index in [9.17, 15) is 4.79 Å². The molecule has 2 aliphatic heterocycles. The van der Waals surface area contributed by atoms with Crippen LogP contribution in [-0.4, -0.2) is 33.5 Å². The first-order chi connectivity index (χ1) is 13.7. The zero-order chi connectivity index (χ0) is 19.1. The number of likely N-dealkylation sites (tertiary alicyclic amines) is 1. The average Bonchev–Trinajstić information content (AvgIpc) is 3.21. The molecular weight excluding hydrogens is 350 g/mol. The molecule has 5 rings (SSSR count). The molecule has 3 heterocycles. The second kappa shape index (κ2) is 7.06. The Labute approximate surface area is 164 Å². The second-order valence-electron chi connectivity index (χ2n) is 7.83. The van der Waals surface area contributed by atoms with Gasteiger partial charge in [-0.2, -0.15) is 0 Å². The van der Waals surface area contributed by atoms with Crippen LogP contribution in [-0.2, 0) is 24.4 Å². The van der Waals surface area contributed by atoms with Gasteiger partial charge in [0.05, 0.1) is 5.56 Å². The minimum Gasteiger partial charge on any atom is -0.457 e. The highest BCUT2D eigenvalue weighted by molar-refractivity contribution is 6.08. The number of ether oxygens (including phenoxy) is 1. The molecule has 0 N–H and O–H groups in total. The number of aromatic nitrogens is 2. The first-order valence-electron chi connectivity index (χ1n) is 10.2. The van der Waals surface area contributed by atoms with Gasteiger partial charge < -0.3 is 9.30 Å². The third-order valence-corrected chi connectivity index (χ3v) is 6.15. The minimum atomic E-state index is -0.209. The van der Waals surface area contributed by atoms with Crippen molar-refractivity contribution in [2.24, 2.45) is 0 Å². The fourth-order valence-corrected chi connectivity index (χ4v) is 4.79. The van der Waals surface area contributed by atoms with Crippen molar-refractivity contribution >= 4 is 16.7 Å². The number of cyclic esters (lactones) is 1. The van der Waals surface area contributed by atoms with Gasteiger partial charge in [0.25, 0.3) is 0 Å². The average molecular weight is 375 g/mol. The maximum absolute atomic E-state index is 12.2. The predicted molar refractivity (Wildman–Crippen MR) is 108 cm³/mol. The molecule has 1 saturated heterocycles. The molecule has 1 fully saturated rings. The van der Waals surface area contributed by atoms with Crippen molar-refractivity contribution < 1.29 is 9.53 Å².